The van der Waals surface area contributed by atoms with Gasteiger partial charge < -0.3 is 14.5 Å². The number of ether oxygens (including phenoxy) is 1. The Morgan fingerprint density at radius 2 is 1.88 bits per heavy atom. The van der Waals surface area contributed by atoms with E-state index < -0.39 is 17.2 Å². The van der Waals surface area contributed by atoms with Gasteiger partial charge in [-0.3, -0.25) is 10.1 Å². The molecule has 2 heterocycles. The van der Waals surface area contributed by atoms with Crippen LogP contribution in [-0.2, 0) is 0 Å². The number of hydrogen-bond acceptors (Lipinski definition) is 5. The summed E-state index contributed by atoms with van der Waals surface area (Å²) in [4.78, 5) is 14.9. The largest absolute Gasteiger partial charge is 0.427 e. The SMILES string of the molecule is O=[N+]([O-])c1ccc(N2CCC(CN3CCCC3)CC2)cc1OC(F)F. The van der Waals surface area contributed by atoms with Crippen molar-refractivity contribution in [2.24, 2.45) is 5.92 Å². The molecule has 138 valence electrons. The third-order valence-corrected chi connectivity index (χ3v) is 5.05. The van der Waals surface area contributed by atoms with E-state index in [1.807, 2.05) is 0 Å². The molecule has 25 heavy (non-hydrogen) atoms. The topological polar surface area (TPSA) is 58.9 Å². The van der Waals surface area contributed by atoms with Gasteiger partial charge in [-0.05, 0) is 50.8 Å². The second-order valence-corrected chi connectivity index (χ2v) is 6.73. The first-order valence-corrected chi connectivity index (χ1v) is 8.73. The van der Waals surface area contributed by atoms with Gasteiger partial charge in [-0.25, -0.2) is 0 Å². The Bertz CT molecular complexity index is 601. The highest BCUT2D eigenvalue weighted by Gasteiger charge is 2.25. The number of nitrogens with zero attached hydrogens (tertiary/aromatic N) is 3. The fourth-order valence-corrected chi connectivity index (χ4v) is 3.74. The molecule has 0 aliphatic carbocycles. The van der Waals surface area contributed by atoms with Crippen molar-refractivity contribution < 1.29 is 18.4 Å². The maximum absolute atomic E-state index is 12.5. The number of alkyl halides is 2. The van der Waals surface area contributed by atoms with Crippen LogP contribution in [0.3, 0.4) is 0 Å². The number of anilines is 1. The Morgan fingerprint density at radius 1 is 1.20 bits per heavy atom. The maximum atomic E-state index is 12.5. The minimum absolute atomic E-state index is 0.378. The molecule has 6 nitrogen and oxygen atoms in total. The summed E-state index contributed by atoms with van der Waals surface area (Å²) in [5.41, 5.74) is 0.258. The number of piperidine rings is 1. The minimum atomic E-state index is -3.08. The summed E-state index contributed by atoms with van der Waals surface area (Å²) in [6, 6.07) is 4.20. The molecular formula is C17H23F2N3O3. The lowest BCUT2D eigenvalue weighted by Gasteiger charge is -2.35. The van der Waals surface area contributed by atoms with Gasteiger partial charge in [-0.1, -0.05) is 0 Å². The molecule has 0 saturated carbocycles. The van der Waals surface area contributed by atoms with E-state index in [4.69, 9.17) is 0 Å². The normalized spacial score (nSPS) is 19.6. The van der Waals surface area contributed by atoms with Crippen LogP contribution in [-0.4, -0.2) is 49.2 Å². The average molecular weight is 355 g/mol. The molecule has 0 amide bonds. The van der Waals surface area contributed by atoms with Crippen molar-refractivity contribution in [1.29, 1.82) is 0 Å². The van der Waals surface area contributed by atoms with E-state index in [1.54, 1.807) is 6.07 Å². The van der Waals surface area contributed by atoms with Crippen LogP contribution >= 0.6 is 0 Å². The number of likely N-dealkylation sites (tertiary alicyclic amines) is 1. The van der Waals surface area contributed by atoms with Gasteiger partial charge in [0.1, 0.15) is 0 Å². The third kappa shape index (κ3) is 4.56. The molecule has 0 bridgehead atoms. The molecule has 8 heteroatoms. The number of hydrogen-bond donors (Lipinski definition) is 0. The van der Waals surface area contributed by atoms with Crippen molar-refractivity contribution in [1.82, 2.24) is 4.90 Å². The summed E-state index contributed by atoms with van der Waals surface area (Å²) < 4.78 is 29.4. The fraction of sp³-hybridized carbons (Fsp3) is 0.647. The summed E-state index contributed by atoms with van der Waals surface area (Å²) in [6.07, 6.45) is 4.65. The molecule has 2 aliphatic rings. The van der Waals surface area contributed by atoms with Gasteiger partial charge in [0, 0.05) is 37.5 Å². The van der Waals surface area contributed by atoms with E-state index in [2.05, 4.69) is 14.5 Å². The van der Waals surface area contributed by atoms with Gasteiger partial charge in [0.2, 0.25) is 5.75 Å². The van der Waals surface area contributed by atoms with E-state index in [-0.39, 0.29) is 5.75 Å². The molecule has 3 rings (SSSR count). The Hall–Kier alpha value is -1.96. The van der Waals surface area contributed by atoms with E-state index in [0.29, 0.717) is 11.6 Å². The zero-order valence-electron chi connectivity index (χ0n) is 14.1. The number of benzene rings is 1. The van der Waals surface area contributed by atoms with Gasteiger partial charge in [0.05, 0.1) is 4.92 Å². The van der Waals surface area contributed by atoms with E-state index in [1.165, 1.54) is 38.1 Å². The highest BCUT2D eigenvalue weighted by molar-refractivity contribution is 5.59. The van der Waals surface area contributed by atoms with Gasteiger partial charge >= 0.3 is 12.3 Å². The molecule has 0 spiro atoms. The molecule has 0 unspecified atom stereocenters. The highest BCUT2D eigenvalue weighted by atomic mass is 19.3. The standard InChI is InChI=1S/C17H23F2N3O3/c18-17(19)25-16-11-14(3-4-15(16)22(23)24)21-9-5-13(6-10-21)12-20-7-1-2-8-20/h3-4,11,13,17H,1-2,5-10,12H2. The Labute approximate surface area is 145 Å². The van der Waals surface area contributed by atoms with Gasteiger partial charge in [-0.2, -0.15) is 8.78 Å². The lowest BCUT2D eigenvalue weighted by atomic mass is 9.96. The molecule has 2 aliphatic heterocycles. The molecule has 2 fully saturated rings. The summed E-state index contributed by atoms with van der Waals surface area (Å²) in [5.74, 6) is 0.279. The van der Waals surface area contributed by atoms with Crippen LogP contribution in [0.1, 0.15) is 25.7 Å². The van der Waals surface area contributed by atoms with Crippen LogP contribution in [0.4, 0.5) is 20.2 Å². The van der Waals surface area contributed by atoms with Crippen LogP contribution in [0.5, 0.6) is 5.75 Å². The Balaban J connectivity index is 1.63. The quantitative estimate of drug-likeness (QED) is 0.577. The maximum Gasteiger partial charge on any atom is 0.387 e. The first-order valence-electron chi connectivity index (χ1n) is 8.73. The lowest BCUT2D eigenvalue weighted by Crippen LogP contribution is -2.38. The molecule has 0 radical (unpaired) electrons. The Morgan fingerprint density at radius 3 is 2.48 bits per heavy atom. The number of rotatable bonds is 6. The van der Waals surface area contributed by atoms with Crippen LogP contribution in [0.25, 0.3) is 0 Å². The average Bonchev–Trinajstić information content (AvgIpc) is 3.07. The van der Waals surface area contributed by atoms with Crippen LogP contribution in [0, 0.1) is 16.0 Å². The number of nitro benzene ring substituents is 1. The van der Waals surface area contributed by atoms with Gasteiger partial charge in [0.15, 0.2) is 0 Å². The van der Waals surface area contributed by atoms with Crippen molar-refractivity contribution in [2.75, 3.05) is 37.6 Å². The van der Waals surface area contributed by atoms with Crippen molar-refractivity contribution in [3.05, 3.63) is 28.3 Å². The lowest BCUT2D eigenvalue weighted by molar-refractivity contribution is -0.386. The molecular weight excluding hydrogens is 332 g/mol. The number of halogens is 2. The summed E-state index contributed by atoms with van der Waals surface area (Å²) in [7, 11) is 0. The van der Waals surface area contributed by atoms with Gasteiger partial charge in [-0.15, -0.1) is 0 Å². The molecule has 1 aromatic carbocycles. The zero-order chi connectivity index (χ0) is 17.8. The summed E-state index contributed by atoms with van der Waals surface area (Å²) in [5, 5.41) is 11.0. The van der Waals surface area contributed by atoms with Crippen molar-refractivity contribution in [3.63, 3.8) is 0 Å². The van der Waals surface area contributed by atoms with Gasteiger partial charge in [0.25, 0.3) is 0 Å². The predicted octanol–water partition coefficient (Wildman–Crippen LogP) is 3.51. The van der Waals surface area contributed by atoms with E-state index in [0.717, 1.165) is 32.5 Å². The summed E-state index contributed by atoms with van der Waals surface area (Å²) in [6.45, 7) is 2.08. The molecule has 2 saturated heterocycles. The van der Waals surface area contributed by atoms with Crippen LogP contribution in [0.2, 0.25) is 0 Å². The van der Waals surface area contributed by atoms with E-state index in [9.17, 15) is 18.9 Å². The third-order valence-electron chi connectivity index (χ3n) is 5.05. The molecule has 0 N–H and O–H groups in total. The first kappa shape index (κ1) is 17.8. The van der Waals surface area contributed by atoms with E-state index >= 15 is 0 Å². The fourth-order valence-electron chi connectivity index (χ4n) is 3.74. The Kier molecular flexibility index (Phi) is 5.67. The second kappa shape index (κ2) is 7.95. The first-order chi connectivity index (χ1) is 12.0. The van der Waals surface area contributed by atoms with Crippen LogP contribution in [0.15, 0.2) is 18.2 Å². The molecule has 1 aromatic rings. The minimum Gasteiger partial charge on any atom is -0.427 e. The smallest absolute Gasteiger partial charge is 0.387 e. The van der Waals surface area contributed by atoms with Crippen LogP contribution < -0.4 is 9.64 Å². The summed E-state index contributed by atoms with van der Waals surface area (Å²) >= 11 is 0. The molecule has 0 aromatic heterocycles. The van der Waals surface area contributed by atoms with Crippen molar-refractivity contribution in [2.45, 2.75) is 32.3 Å². The monoisotopic (exact) mass is 355 g/mol. The number of nitro groups is 1. The highest BCUT2D eigenvalue weighted by Crippen LogP contribution is 2.34. The second-order valence-electron chi connectivity index (χ2n) is 6.73. The predicted molar refractivity (Wildman–Crippen MR) is 90.3 cm³/mol. The van der Waals surface area contributed by atoms with Crippen molar-refractivity contribution >= 4 is 11.4 Å². The van der Waals surface area contributed by atoms with Crippen molar-refractivity contribution in [3.8, 4) is 5.75 Å². The zero-order valence-corrected chi connectivity index (χ0v) is 14.1. The molecule has 0 atom stereocenters.